The lowest BCUT2D eigenvalue weighted by atomic mass is 10.1. The Morgan fingerprint density at radius 2 is 2.03 bits per heavy atom. The van der Waals surface area contributed by atoms with Crippen molar-refractivity contribution in [2.24, 2.45) is 0 Å². The fraction of sp³-hybridized carbons (Fsp3) is 0.318. The quantitative estimate of drug-likeness (QED) is 0.244. The SMILES string of the molecule is CC.O=C(/C=C/c1ccc(CN(CCO)CCc2ccnc3[nH]ccc23)cn1)NO. The molecule has 4 N–H and O–H groups in total. The highest BCUT2D eigenvalue weighted by Crippen LogP contribution is 2.16. The number of rotatable bonds is 9. The van der Waals surface area contributed by atoms with Gasteiger partial charge in [-0.3, -0.25) is 19.9 Å². The van der Waals surface area contributed by atoms with E-state index in [1.165, 1.54) is 23.2 Å². The highest BCUT2D eigenvalue weighted by Gasteiger charge is 2.09. The highest BCUT2D eigenvalue weighted by molar-refractivity contribution is 5.90. The number of carbonyl (C=O) groups excluding carboxylic acids is 1. The summed E-state index contributed by atoms with van der Waals surface area (Å²) in [5.41, 5.74) is 5.27. The highest BCUT2D eigenvalue weighted by atomic mass is 16.5. The minimum absolute atomic E-state index is 0.0838. The molecule has 0 aliphatic heterocycles. The molecule has 8 heteroatoms. The number of hydrogen-bond acceptors (Lipinski definition) is 6. The van der Waals surface area contributed by atoms with Crippen LogP contribution in [0.1, 0.15) is 30.7 Å². The summed E-state index contributed by atoms with van der Waals surface area (Å²) in [6, 6.07) is 7.80. The first-order chi connectivity index (χ1) is 14.7. The van der Waals surface area contributed by atoms with E-state index in [1.54, 1.807) is 18.5 Å². The number of hydroxylamine groups is 1. The van der Waals surface area contributed by atoms with Gasteiger partial charge in [-0.15, -0.1) is 0 Å². The molecule has 0 saturated carbocycles. The summed E-state index contributed by atoms with van der Waals surface area (Å²) >= 11 is 0. The van der Waals surface area contributed by atoms with E-state index in [4.69, 9.17) is 5.21 Å². The van der Waals surface area contributed by atoms with Crippen molar-refractivity contribution in [1.82, 2.24) is 25.3 Å². The topological polar surface area (TPSA) is 114 Å². The van der Waals surface area contributed by atoms with Crippen LogP contribution < -0.4 is 5.48 Å². The van der Waals surface area contributed by atoms with Crippen LogP contribution in [-0.4, -0.2) is 55.8 Å². The number of aromatic nitrogens is 3. The van der Waals surface area contributed by atoms with Crippen molar-refractivity contribution in [3.05, 3.63) is 65.8 Å². The number of amides is 1. The molecular weight excluding hydrogens is 382 g/mol. The van der Waals surface area contributed by atoms with E-state index in [-0.39, 0.29) is 6.61 Å². The van der Waals surface area contributed by atoms with E-state index in [2.05, 4.69) is 19.9 Å². The average molecular weight is 412 g/mol. The number of pyridine rings is 2. The first-order valence-corrected chi connectivity index (χ1v) is 10.0. The summed E-state index contributed by atoms with van der Waals surface area (Å²) in [6.45, 7) is 6.11. The number of nitrogens with one attached hydrogen (secondary N) is 2. The van der Waals surface area contributed by atoms with Gasteiger partial charge in [-0.25, -0.2) is 10.5 Å². The van der Waals surface area contributed by atoms with Crippen molar-refractivity contribution in [3.63, 3.8) is 0 Å². The van der Waals surface area contributed by atoms with Crippen molar-refractivity contribution in [2.45, 2.75) is 26.8 Å². The number of fused-ring (bicyclic) bond motifs is 1. The molecule has 8 nitrogen and oxygen atoms in total. The second kappa shape index (κ2) is 12.5. The maximum atomic E-state index is 11.0. The third kappa shape index (κ3) is 6.77. The van der Waals surface area contributed by atoms with Gasteiger partial charge in [0.15, 0.2) is 0 Å². The van der Waals surface area contributed by atoms with Crippen molar-refractivity contribution in [3.8, 4) is 0 Å². The Balaban J connectivity index is 0.00000155. The molecule has 3 rings (SSSR count). The fourth-order valence-electron chi connectivity index (χ4n) is 3.01. The second-order valence-corrected chi connectivity index (χ2v) is 6.36. The fourth-order valence-corrected chi connectivity index (χ4v) is 3.01. The summed E-state index contributed by atoms with van der Waals surface area (Å²) in [5.74, 6) is -0.604. The molecule has 160 valence electrons. The van der Waals surface area contributed by atoms with Crippen LogP contribution in [0.5, 0.6) is 0 Å². The molecule has 0 aliphatic carbocycles. The van der Waals surface area contributed by atoms with Gasteiger partial charge in [0.05, 0.1) is 12.3 Å². The summed E-state index contributed by atoms with van der Waals surface area (Å²) in [4.78, 5) is 24.9. The molecule has 3 heterocycles. The van der Waals surface area contributed by atoms with Gasteiger partial charge in [0.1, 0.15) is 5.65 Å². The minimum Gasteiger partial charge on any atom is -0.395 e. The number of aliphatic hydroxyl groups excluding tert-OH is 1. The van der Waals surface area contributed by atoms with Crippen molar-refractivity contribution in [1.29, 1.82) is 0 Å². The smallest absolute Gasteiger partial charge is 0.267 e. The van der Waals surface area contributed by atoms with Gasteiger partial charge >= 0.3 is 0 Å². The van der Waals surface area contributed by atoms with Crippen molar-refractivity contribution >= 4 is 23.0 Å². The predicted molar refractivity (Wildman–Crippen MR) is 117 cm³/mol. The Morgan fingerprint density at radius 1 is 1.20 bits per heavy atom. The summed E-state index contributed by atoms with van der Waals surface area (Å²) in [6.07, 6.45) is 9.01. The van der Waals surface area contributed by atoms with E-state index in [1.807, 2.05) is 38.2 Å². The van der Waals surface area contributed by atoms with Crippen LogP contribution in [0.2, 0.25) is 0 Å². The molecule has 3 aromatic rings. The lowest BCUT2D eigenvalue weighted by Gasteiger charge is -2.21. The van der Waals surface area contributed by atoms with Gasteiger partial charge in [0.2, 0.25) is 0 Å². The molecule has 0 atom stereocenters. The maximum Gasteiger partial charge on any atom is 0.267 e. The zero-order valence-corrected chi connectivity index (χ0v) is 17.4. The van der Waals surface area contributed by atoms with Gasteiger partial charge < -0.3 is 10.1 Å². The van der Waals surface area contributed by atoms with Gasteiger partial charge in [0, 0.05) is 49.7 Å². The number of carbonyl (C=O) groups is 1. The summed E-state index contributed by atoms with van der Waals surface area (Å²) in [7, 11) is 0. The zero-order chi connectivity index (χ0) is 21.8. The Labute approximate surface area is 176 Å². The van der Waals surface area contributed by atoms with Gasteiger partial charge in [0.25, 0.3) is 5.91 Å². The lowest BCUT2D eigenvalue weighted by molar-refractivity contribution is -0.124. The van der Waals surface area contributed by atoms with E-state index in [9.17, 15) is 9.90 Å². The first-order valence-electron chi connectivity index (χ1n) is 10.0. The van der Waals surface area contributed by atoms with Gasteiger partial charge in [-0.05, 0) is 41.8 Å². The lowest BCUT2D eigenvalue weighted by Crippen LogP contribution is -2.28. The number of H-pyrrole nitrogens is 1. The number of aromatic amines is 1. The van der Waals surface area contributed by atoms with Crippen molar-refractivity contribution in [2.75, 3.05) is 19.7 Å². The Morgan fingerprint density at radius 3 is 2.73 bits per heavy atom. The van der Waals surface area contributed by atoms with Crippen LogP contribution in [-0.2, 0) is 17.8 Å². The van der Waals surface area contributed by atoms with Crippen LogP contribution in [0, 0.1) is 0 Å². The van der Waals surface area contributed by atoms with E-state index < -0.39 is 5.91 Å². The number of aliphatic hydroxyl groups is 1. The van der Waals surface area contributed by atoms with E-state index in [0.717, 1.165) is 29.6 Å². The Bertz CT molecular complexity index is 937. The van der Waals surface area contributed by atoms with Crippen LogP contribution in [0.25, 0.3) is 17.1 Å². The van der Waals surface area contributed by atoms with E-state index in [0.29, 0.717) is 18.8 Å². The molecule has 0 aliphatic rings. The largest absolute Gasteiger partial charge is 0.395 e. The first kappa shape index (κ1) is 23.2. The third-order valence-corrected chi connectivity index (χ3v) is 4.43. The summed E-state index contributed by atoms with van der Waals surface area (Å²) < 4.78 is 0. The third-order valence-electron chi connectivity index (χ3n) is 4.43. The molecule has 0 aromatic carbocycles. The molecular formula is C22H29N5O3. The molecule has 30 heavy (non-hydrogen) atoms. The Hall–Kier alpha value is -3.07. The van der Waals surface area contributed by atoms with Crippen LogP contribution >= 0.6 is 0 Å². The minimum atomic E-state index is -0.604. The maximum absolute atomic E-state index is 11.0. The molecule has 0 bridgehead atoms. The van der Waals surface area contributed by atoms with Gasteiger partial charge in [-0.1, -0.05) is 19.9 Å². The number of nitrogens with zero attached hydrogens (tertiary/aromatic N) is 3. The normalized spacial score (nSPS) is 11.0. The monoisotopic (exact) mass is 411 g/mol. The van der Waals surface area contributed by atoms with Gasteiger partial charge in [-0.2, -0.15) is 0 Å². The van der Waals surface area contributed by atoms with Crippen molar-refractivity contribution < 1.29 is 15.1 Å². The van der Waals surface area contributed by atoms with E-state index >= 15 is 0 Å². The zero-order valence-electron chi connectivity index (χ0n) is 17.4. The molecule has 1 amide bonds. The average Bonchev–Trinajstić information content (AvgIpc) is 3.28. The standard InChI is InChI=1S/C20H23N5O3.C2H6/c26-12-11-25(10-7-16-5-8-21-20-18(16)6-9-22-20)14-15-1-2-17(23-13-15)3-4-19(27)24-28;1-2/h1-6,8-9,13,26,28H,7,10-12,14H2,(H,21,22)(H,24,27);1-2H3/b4-3+;. The molecule has 0 fully saturated rings. The van der Waals surface area contributed by atoms with Crippen LogP contribution in [0.4, 0.5) is 0 Å². The summed E-state index contributed by atoms with van der Waals surface area (Å²) in [5, 5.41) is 19.0. The molecule has 0 spiro atoms. The Kier molecular flexibility index (Phi) is 9.66. The molecule has 0 unspecified atom stereocenters. The van der Waals surface area contributed by atoms with Crippen LogP contribution in [0.15, 0.2) is 48.9 Å². The van der Waals surface area contributed by atoms with Crippen LogP contribution in [0.3, 0.4) is 0 Å². The molecule has 3 aromatic heterocycles. The molecule has 0 saturated heterocycles. The second-order valence-electron chi connectivity index (χ2n) is 6.36. The number of hydrogen-bond donors (Lipinski definition) is 4. The predicted octanol–water partition coefficient (Wildman–Crippen LogP) is 2.54. The molecule has 0 radical (unpaired) electrons.